The highest BCUT2D eigenvalue weighted by Crippen LogP contribution is 2.18. The molecule has 1 aliphatic rings. The van der Waals surface area contributed by atoms with Crippen molar-refractivity contribution in [2.75, 3.05) is 11.9 Å². The number of urea groups is 1. The number of sulfone groups is 1. The highest BCUT2D eigenvalue weighted by Gasteiger charge is 2.28. The van der Waals surface area contributed by atoms with Crippen LogP contribution in [0, 0.1) is 0 Å². The van der Waals surface area contributed by atoms with E-state index >= 15 is 0 Å². The van der Waals surface area contributed by atoms with Crippen LogP contribution in [0.1, 0.15) is 29.8 Å². The molecule has 1 saturated heterocycles. The van der Waals surface area contributed by atoms with Gasteiger partial charge in [0, 0.05) is 11.3 Å². The molecule has 0 saturated carbocycles. The molecule has 29 heavy (non-hydrogen) atoms. The summed E-state index contributed by atoms with van der Waals surface area (Å²) < 4.78 is 24.3. The smallest absolute Gasteiger partial charge is 0.324 e. The summed E-state index contributed by atoms with van der Waals surface area (Å²) in [6.07, 6.45) is 0. The van der Waals surface area contributed by atoms with Crippen LogP contribution in [-0.2, 0) is 21.2 Å². The largest absolute Gasteiger partial charge is 0.329 e. The normalized spacial score (nSPS) is 14.2. The first-order chi connectivity index (χ1) is 13.7. The van der Waals surface area contributed by atoms with Gasteiger partial charge < -0.3 is 10.6 Å². The number of hydrogen-bond donors (Lipinski definition) is 2. The van der Waals surface area contributed by atoms with Crippen molar-refractivity contribution in [1.82, 2.24) is 10.2 Å². The van der Waals surface area contributed by atoms with Crippen LogP contribution in [0.3, 0.4) is 0 Å². The highest BCUT2D eigenvalue weighted by molar-refractivity contribution is 7.92. The summed E-state index contributed by atoms with van der Waals surface area (Å²) in [5.41, 5.74) is 1.50. The van der Waals surface area contributed by atoms with E-state index in [1.54, 1.807) is 38.1 Å². The lowest BCUT2D eigenvalue weighted by Crippen LogP contribution is -2.30. The van der Waals surface area contributed by atoms with Crippen molar-refractivity contribution in [2.45, 2.75) is 30.5 Å². The Kier molecular flexibility index (Phi) is 5.69. The maximum absolute atomic E-state index is 12.5. The van der Waals surface area contributed by atoms with Gasteiger partial charge >= 0.3 is 6.03 Å². The maximum atomic E-state index is 12.5. The molecule has 1 heterocycles. The number of imide groups is 1. The summed E-state index contributed by atoms with van der Waals surface area (Å²) in [6, 6.07) is 12.1. The lowest BCUT2D eigenvalue weighted by molar-refractivity contribution is -0.125. The molecule has 0 aliphatic carbocycles. The minimum atomic E-state index is -3.40. The van der Waals surface area contributed by atoms with Crippen molar-refractivity contribution in [2.24, 2.45) is 0 Å². The molecule has 0 spiro atoms. The number of carbonyl (C=O) groups excluding carboxylic acids is 3. The van der Waals surface area contributed by atoms with Crippen molar-refractivity contribution in [1.29, 1.82) is 0 Å². The van der Waals surface area contributed by atoms with Gasteiger partial charge in [-0.2, -0.15) is 0 Å². The number of amides is 4. The second kappa shape index (κ2) is 8.04. The monoisotopic (exact) mass is 415 g/mol. The van der Waals surface area contributed by atoms with Gasteiger partial charge in [0.1, 0.15) is 0 Å². The molecule has 0 aromatic heterocycles. The Morgan fingerprint density at radius 3 is 2.41 bits per heavy atom. The first-order valence-corrected chi connectivity index (χ1v) is 10.6. The molecule has 1 fully saturated rings. The molecule has 0 radical (unpaired) electrons. The zero-order valence-electron chi connectivity index (χ0n) is 16.0. The molecule has 152 valence electrons. The number of rotatable bonds is 6. The fourth-order valence-electron chi connectivity index (χ4n) is 2.82. The number of carbonyl (C=O) groups is 3. The zero-order valence-corrected chi connectivity index (χ0v) is 16.8. The van der Waals surface area contributed by atoms with Gasteiger partial charge in [0.2, 0.25) is 5.91 Å². The Morgan fingerprint density at radius 1 is 1.14 bits per heavy atom. The standard InChI is InChI=1S/C20H21N3O5S/c1-13(2)29(27,28)17-8-6-15(7-9-17)19(25)22-16-5-3-4-14(10-16)12-23-18(24)11-21-20(23)26/h3-10,13H,11-12H2,1-2H3,(H,21,26)(H,22,25). The van der Waals surface area contributed by atoms with Crippen LogP contribution in [0.4, 0.5) is 10.5 Å². The second-order valence-electron chi connectivity index (χ2n) is 6.91. The average Bonchev–Trinajstić information content (AvgIpc) is 3.00. The Hall–Kier alpha value is -3.20. The summed E-state index contributed by atoms with van der Waals surface area (Å²) in [6.45, 7) is 3.29. The van der Waals surface area contributed by atoms with Crippen molar-refractivity contribution in [3.63, 3.8) is 0 Å². The van der Waals surface area contributed by atoms with Gasteiger partial charge in [-0.05, 0) is 55.8 Å². The highest BCUT2D eigenvalue weighted by atomic mass is 32.2. The third-order valence-electron chi connectivity index (χ3n) is 4.53. The van der Waals surface area contributed by atoms with Crippen LogP contribution >= 0.6 is 0 Å². The quantitative estimate of drug-likeness (QED) is 0.702. The second-order valence-corrected chi connectivity index (χ2v) is 9.42. The SMILES string of the molecule is CC(C)S(=O)(=O)c1ccc(C(=O)Nc2cccc(CN3C(=O)CNC3=O)c2)cc1. The van der Waals surface area contributed by atoms with Gasteiger partial charge in [0.25, 0.3) is 5.91 Å². The lowest BCUT2D eigenvalue weighted by atomic mass is 10.1. The summed E-state index contributed by atoms with van der Waals surface area (Å²) in [5, 5.41) is 4.64. The molecule has 2 N–H and O–H groups in total. The van der Waals surface area contributed by atoms with E-state index in [-0.39, 0.29) is 23.9 Å². The van der Waals surface area contributed by atoms with E-state index in [9.17, 15) is 22.8 Å². The van der Waals surface area contributed by atoms with E-state index < -0.39 is 27.0 Å². The van der Waals surface area contributed by atoms with E-state index in [2.05, 4.69) is 10.6 Å². The van der Waals surface area contributed by atoms with Gasteiger partial charge in [-0.25, -0.2) is 13.2 Å². The number of hydrogen-bond acceptors (Lipinski definition) is 5. The summed E-state index contributed by atoms with van der Waals surface area (Å²) in [7, 11) is -3.40. The van der Waals surface area contributed by atoms with Crippen LogP contribution in [0.15, 0.2) is 53.4 Å². The van der Waals surface area contributed by atoms with Crippen LogP contribution < -0.4 is 10.6 Å². The molecule has 9 heteroatoms. The van der Waals surface area contributed by atoms with Gasteiger partial charge in [-0.1, -0.05) is 12.1 Å². The first kappa shape index (κ1) is 20.5. The Labute approximate surface area is 168 Å². The van der Waals surface area contributed by atoms with Crippen LogP contribution in [0.5, 0.6) is 0 Å². The number of anilines is 1. The molecule has 8 nitrogen and oxygen atoms in total. The molecule has 0 atom stereocenters. The predicted octanol–water partition coefficient (Wildman–Crippen LogP) is 2.17. The predicted molar refractivity (Wildman–Crippen MR) is 107 cm³/mol. The molecule has 4 amide bonds. The minimum absolute atomic E-state index is 0.0161. The van der Waals surface area contributed by atoms with E-state index in [0.29, 0.717) is 16.8 Å². The molecule has 2 aromatic carbocycles. The van der Waals surface area contributed by atoms with Gasteiger partial charge in [-0.15, -0.1) is 0 Å². The Morgan fingerprint density at radius 2 is 1.83 bits per heavy atom. The lowest BCUT2D eigenvalue weighted by Gasteiger charge is -2.13. The number of nitrogens with one attached hydrogen (secondary N) is 2. The molecule has 3 rings (SSSR count). The average molecular weight is 415 g/mol. The van der Waals surface area contributed by atoms with Gasteiger partial charge in [0.05, 0.1) is 23.2 Å². The van der Waals surface area contributed by atoms with E-state index in [1.807, 2.05) is 0 Å². The van der Waals surface area contributed by atoms with Crippen LogP contribution in [0.25, 0.3) is 0 Å². The summed E-state index contributed by atoms with van der Waals surface area (Å²) >= 11 is 0. The molecular formula is C20H21N3O5S. The third-order valence-corrected chi connectivity index (χ3v) is 6.70. The van der Waals surface area contributed by atoms with E-state index in [1.165, 1.54) is 24.3 Å². The topological polar surface area (TPSA) is 113 Å². The van der Waals surface area contributed by atoms with Crippen LogP contribution in [-0.4, -0.2) is 43.0 Å². The zero-order chi connectivity index (χ0) is 21.2. The number of benzene rings is 2. The van der Waals surface area contributed by atoms with Gasteiger partial charge in [0.15, 0.2) is 9.84 Å². The van der Waals surface area contributed by atoms with E-state index in [4.69, 9.17) is 0 Å². The van der Waals surface area contributed by atoms with Crippen LogP contribution in [0.2, 0.25) is 0 Å². The molecular weight excluding hydrogens is 394 g/mol. The summed E-state index contributed by atoms with van der Waals surface area (Å²) in [5.74, 6) is -0.702. The third kappa shape index (κ3) is 4.45. The fourth-order valence-corrected chi connectivity index (χ4v) is 3.88. The van der Waals surface area contributed by atoms with Crippen molar-refractivity contribution in [3.8, 4) is 0 Å². The Bertz CT molecular complexity index is 1050. The van der Waals surface area contributed by atoms with Crippen molar-refractivity contribution in [3.05, 3.63) is 59.7 Å². The first-order valence-electron chi connectivity index (χ1n) is 9.01. The number of nitrogens with zero attached hydrogens (tertiary/aromatic N) is 1. The Balaban J connectivity index is 1.71. The fraction of sp³-hybridized carbons (Fsp3) is 0.250. The molecule has 1 aliphatic heterocycles. The maximum Gasteiger partial charge on any atom is 0.324 e. The molecule has 2 aromatic rings. The van der Waals surface area contributed by atoms with Gasteiger partial charge in [-0.3, -0.25) is 14.5 Å². The van der Waals surface area contributed by atoms with Crippen molar-refractivity contribution < 1.29 is 22.8 Å². The minimum Gasteiger partial charge on any atom is -0.329 e. The molecule has 0 unspecified atom stereocenters. The summed E-state index contributed by atoms with van der Waals surface area (Å²) in [4.78, 5) is 37.1. The molecule has 0 bridgehead atoms. The van der Waals surface area contributed by atoms with Crippen molar-refractivity contribution >= 4 is 33.4 Å². The van der Waals surface area contributed by atoms with E-state index in [0.717, 1.165) is 4.90 Å².